The molecular weight excluding hydrogens is 220 g/mol. The second-order valence-corrected chi connectivity index (χ2v) is 1.39. The summed E-state index contributed by atoms with van der Waals surface area (Å²) in [5.74, 6) is 0. The van der Waals surface area contributed by atoms with Crippen molar-refractivity contribution in [1.82, 2.24) is 0 Å². The van der Waals surface area contributed by atoms with Crippen LogP contribution in [0.25, 0.3) is 0 Å². The summed E-state index contributed by atoms with van der Waals surface area (Å²) >= 11 is -3.19. The normalized spacial score (nSPS) is 6.00. The molecule has 0 amide bonds. The summed E-state index contributed by atoms with van der Waals surface area (Å²) in [5.41, 5.74) is 0. The first kappa shape index (κ1) is 15.6. The van der Waals surface area contributed by atoms with E-state index in [1.165, 1.54) is 0 Å². The molecule has 0 heterocycles. The molecule has 0 radical (unpaired) electrons. The van der Waals surface area contributed by atoms with Crippen LogP contribution in [-0.4, -0.2) is 65.1 Å². The molecule has 0 saturated carbocycles. The van der Waals surface area contributed by atoms with Gasteiger partial charge in [-0.05, 0) is 0 Å². The molecule has 0 bridgehead atoms. The minimum absolute atomic E-state index is 0. The number of hydrogen-bond acceptors (Lipinski definition) is 3. The molecule has 0 aromatic rings. The molecule has 0 atom stereocenters. The monoisotopic (exact) mass is 228 g/mol. The van der Waals surface area contributed by atoms with E-state index in [0.717, 1.165) is 0 Å². The molecule has 0 aromatic heterocycles. The average molecular weight is 229 g/mol. The van der Waals surface area contributed by atoms with Gasteiger partial charge >= 0.3 is 47.8 Å². The van der Waals surface area contributed by atoms with Gasteiger partial charge in [0, 0.05) is 0 Å². The Hall–Kier alpha value is 1.61. The molecule has 0 saturated heterocycles. The molecule has 38 valence electrons. The van der Waals surface area contributed by atoms with Crippen LogP contribution in [0.2, 0.25) is 0 Å². The molecular formula is H9AlAsGaO3. The molecule has 0 unspecified atom stereocenters. The van der Waals surface area contributed by atoms with Crippen molar-refractivity contribution in [2.45, 2.75) is 0 Å². The van der Waals surface area contributed by atoms with Crippen LogP contribution in [-0.2, 0) is 0 Å². The Bertz CT molecular complexity index is 15.5. The zero-order chi connectivity index (χ0) is 3.58. The molecule has 0 aromatic carbocycles. The summed E-state index contributed by atoms with van der Waals surface area (Å²) in [7, 11) is 0. The van der Waals surface area contributed by atoms with E-state index in [0.29, 0.717) is 0 Å². The van der Waals surface area contributed by atoms with Gasteiger partial charge in [0.25, 0.3) is 0 Å². The van der Waals surface area contributed by atoms with E-state index in [4.69, 9.17) is 12.3 Å². The molecule has 0 fully saturated rings. The van der Waals surface area contributed by atoms with Crippen LogP contribution in [0.4, 0.5) is 0 Å². The van der Waals surface area contributed by atoms with Crippen molar-refractivity contribution in [3.8, 4) is 0 Å². The van der Waals surface area contributed by atoms with Crippen molar-refractivity contribution in [3.05, 3.63) is 0 Å². The predicted molar refractivity (Wildman–Crippen MR) is 32.3 cm³/mol. The molecule has 0 rings (SSSR count). The predicted octanol–water partition coefficient (Wildman–Crippen LogP) is -4.42. The Kier molecular flexibility index (Phi) is 25.5. The van der Waals surface area contributed by atoms with Gasteiger partial charge in [0.1, 0.15) is 0 Å². The fourth-order valence-corrected chi connectivity index (χ4v) is 0. The van der Waals surface area contributed by atoms with Crippen LogP contribution in [0.15, 0.2) is 0 Å². The van der Waals surface area contributed by atoms with Gasteiger partial charge in [-0.25, -0.2) is 0 Å². The van der Waals surface area contributed by atoms with Crippen molar-refractivity contribution in [3.63, 3.8) is 0 Å². The average Bonchev–Trinajstić information content (AvgIpc) is 0.811. The summed E-state index contributed by atoms with van der Waals surface area (Å²) in [6.45, 7) is 0. The molecule has 3 N–H and O–H groups in total. The molecule has 3 nitrogen and oxygen atoms in total. The molecule has 6 heteroatoms. The Morgan fingerprint density at radius 1 is 1.00 bits per heavy atom. The first-order valence-corrected chi connectivity index (χ1v) is 3.12. The van der Waals surface area contributed by atoms with Crippen LogP contribution in [0.1, 0.15) is 0 Å². The molecule has 0 aliphatic carbocycles. The molecule has 0 spiro atoms. The van der Waals surface area contributed by atoms with Crippen LogP contribution >= 0.6 is 0 Å². The summed E-state index contributed by atoms with van der Waals surface area (Å²) in [6, 6.07) is 0. The van der Waals surface area contributed by atoms with Crippen LogP contribution in [0, 0.1) is 0 Å². The second kappa shape index (κ2) is 9.79. The summed E-state index contributed by atoms with van der Waals surface area (Å²) in [6.07, 6.45) is 0. The summed E-state index contributed by atoms with van der Waals surface area (Å²) in [5, 5.41) is 0. The van der Waals surface area contributed by atoms with Crippen molar-refractivity contribution in [1.29, 1.82) is 0 Å². The zero-order valence-electron chi connectivity index (χ0n) is 1.79. The second-order valence-electron chi connectivity index (χ2n) is 0.268. The van der Waals surface area contributed by atoms with Gasteiger partial charge in [-0.1, -0.05) is 0 Å². The van der Waals surface area contributed by atoms with Crippen LogP contribution in [0.5, 0.6) is 0 Å². The Labute approximate surface area is 64.9 Å². The summed E-state index contributed by atoms with van der Waals surface area (Å²) < 4.78 is 21.9. The first-order chi connectivity index (χ1) is 1.73. The van der Waals surface area contributed by atoms with E-state index in [2.05, 4.69) is 0 Å². The number of rotatable bonds is 0. The van der Waals surface area contributed by atoms with E-state index in [9.17, 15) is 0 Å². The first-order valence-electron chi connectivity index (χ1n) is 0.600. The van der Waals surface area contributed by atoms with E-state index < -0.39 is 15.7 Å². The molecule has 0 aliphatic rings. The van der Waals surface area contributed by atoms with Gasteiger partial charge in [-0.15, -0.1) is 0 Å². The quantitative estimate of drug-likeness (QED) is 0.367. The van der Waals surface area contributed by atoms with Crippen molar-refractivity contribution in [2.75, 3.05) is 0 Å². The third kappa shape index (κ3) is 46.1. The standard InChI is InChI=1S/Al.AsH3O3.Ga.6H/c;2-1(3)4;;;;;;;/h;2-4H;;;;;;;. The molecule has 6 heavy (non-hydrogen) atoms. The Balaban J connectivity index is -0.0000000450. The SMILES string of the molecule is O[As](O)O.[AlH3].[GaH3]. The van der Waals surface area contributed by atoms with Crippen LogP contribution in [0.3, 0.4) is 0 Å². The maximum absolute atomic E-state index is 7.31. The minimum atomic E-state index is -3.19. The van der Waals surface area contributed by atoms with Gasteiger partial charge < -0.3 is 0 Å². The summed E-state index contributed by atoms with van der Waals surface area (Å²) in [4.78, 5) is 0. The van der Waals surface area contributed by atoms with Gasteiger partial charge in [0.15, 0.2) is 17.4 Å². The third-order valence-corrected chi connectivity index (χ3v) is 0. The van der Waals surface area contributed by atoms with Gasteiger partial charge in [0.05, 0.1) is 0 Å². The van der Waals surface area contributed by atoms with E-state index in [1.54, 1.807) is 0 Å². The van der Waals surface area contributed by atoms with Gasteiger partial charge in [0.2, 0.25) is 0 Å². The van der Waals surface area contributed by atoms with Crippen molar-refractivity contribution in [2.24, 2.45) is 0 Å². The van der Waals surface area contributed by atoms with Gasteiger partial charge in [-0.2, -0.15) is 0 Å². The van der Waals surface area contributed by atoms with E-state index in [-0.39, 0.29) is 37.2 Å². The topological polar surface area (TPSA) is 60.7 Å². The van der Waals surface area contributed by atoms with E-state index in [1.807, 2.05) is 0 Å². The fraction of sp³-hybridized carbons (Fsp3) is 0. The Morgan fingerprint density at radius 2 is 1.00 bits per heavy atom. The Morgan fingerprint density at radius 3 is 1.00 bits per heavy atom. The maximum atomic E-state index is 7.31. The van der Waals surface area contributed by atoms with Crippen molar-refractivity contribution >= 4 is 52.8 Å². The fourth-order valence-electron chi connectivity index (χ4n) is 0. The zero-order valence-corrected chi connectivity index (χ0v) is 3.67. The number of hydrogen-bond donors (Lipinski definition) is 3. The molecule has 0 aliphatic heterocycles. The van der Waals surface area contributed by atoms with Crippen molar-refractivity contribution < 1.29 is 12.3 Å². The van der Waals surface area contributed by atoms with Gasteiger partial charge in [-0.3, -0.25) is 0 Å². The van der Waals surface area contributed by atoms with E-state index >= 15 is 0 Å². The van der Waals surface area contributed by atoms with Crippen LogP contribution < -0.4 is 0 Å². The third-order valence-electron chi connectivity index (χ3n) is 0.